The van der Waals surface area contributed by atoms with Crippen molar-refractivity contribution >= 4 is 21.6 Å². The lowest BCUT2D eigenvalue weighted by Crippen LogP contribution is -2.07. The second-order valence-electron chi connectivity index (χ2n) is 3.95. The van der Waals surface area contributed by atoms with Crippen molar-refractivity contribution in [3.05, 3.63) is 46.2 Å². The van der Waals surface area contributed by atoms with Crippen LogP contribution in [0.2, 0.25) is 0 Å². The molecule has 0 fully saturated rings. The molecule has 3 nitrogen and oxygen atoms in total. The maximum atomic E-state index is 4.42. The number of rotatable bonds is 4. The Labute approximate surface area is 110 Å². The molecular formula is C13H16BrN3. The van der Waals surface area contributed by atoms with Gasteiger partial charge in [-0.3, -0.25) is 4.68 Å². The van der Waals surface area contributed by atoms with Gasteiger partial charge in [0.25, 0.3) is 0 Å². The Bertz CT molecular complexity index is 488. The van der Waals surface area contributed by atoms with Crippen LogP contribution in [0.1, 0.15) is 18.3 Å². The smallest absolute Gasteiger partial charge is 0.0597 e. The molecule has 2 aromatic rings. The van der Waals surface area contributed by atoms with Crippen molar-refractivity contribution < 1.29 is 0 Å². The maximum Gasteiger partial charge on any atom is 0.0597 e. The first-order valence-corrected chi connectivity index (χ1v) is 6.51. The van der Waals surface area contributed by atoms with Gasteiger partial charge in [0.05, 0.1) is 17.9 Å². The van der Waals surface area contributed by atoms with Crippen LogP contribution in [0.3, 0.4) is 0 Å². The number of anilines is 1. The lowest BCUT2D eigenvalue weighted by atomic mass is 10.3. The summed E-state index contributed by atoms with van der Waals surface area (Å²) in [5.74, 6) is 0. The monoisotopic (exact) mass is 293 g/mol. The summed E-state index contributed by atoms with van der Waals surface area (Å²) in [6, 6.07) is 10.3. The number of aromatic nitrogens is 2. The third-order valence-electron chi connectivity index (χ3n) is 2.60. The second-order valence-corrected chi connectivity index (χ2v) is 4.87. The zero-order valence-electron chi connectivity index (χ0n) is 10.1. The quantitative estimate of drug-likeness (QED) is 0.934. The fourth-order valence-corrected chi connectivity index (χ4v) is 2.04. The summed E-state index contributed by atoms with van der Waals surface area (Å²) >= 11 is 3.43. The van der Waals surface area contributed by atoms with E-state index < -0.39 is 0 Å². The molecule has 0 radical (unpaired) electrons. The Morgan fingerprint density at radius 1 is 1.29 bits per heavy atom. The van der Waals surface area contributed by atoms with Gasteiger partial charge in [0.15, 0.2) is 0 Å². The number of nitrogens with one attached hydrogen (secondary N) is 1. The molecule has 1 aromatic carbocycles. The molecule has 0 atom stereocenters. The van der Waals surface area contributed by atoms with E-state index in [0.717, 1.165) is 28.9 Å². The second kappa shape index (κ2) is 5.36. The van der Waals surface area contributed by atoms with Crippen LogP contribution in [0.25, 0.3) is 0 Å². The van der Waals surface area contributed by atoms with Crippen LogP contribution < -0.4 is 5.32 Å². The topological polar surface area (TPSA) is 29.9 Å². The first-order valence-electron chi connectivity index (χ1n) is 5.72. The molecule has 1 N–H and O–H groups in total. The molecule has 0 aliphatic rings. The molecule has 0 amide bonds. The fraction of sp³-hybridized carbons (Fsp3) is 0.308. The van der Waals surface area contributed by atoms with Crippen molar-refractivity contribution in [2.45, 2.75) is 26.9 Å². The van der Waals surface area contributed by atoms with Gasteiger partial charge in [0, 0.05) is 16.7 Å². The van der Waals surface area contributed by atoms with E-state index in [1.165, 1.54) is 5.69 Å². The molecule has 0 unspecified atom stereocenters. The van der Waals surface area contributed by atoms with Crippen LogP contribution in [-0.2, 0) is 13.1 Å². The Kier molecular flexibility index (Phi) is 3.84. The normalized spacial score (nSPS) is 10.5. The number of halogens is 1. The van der Waals surface area contributed by atoms with E-state index in [0.29, 0.717) is 0 Å². The van der Waals surface area contributed by atoms with Crippen molar-refractivity contribution in [2.75, 3.05) is 5.32 Å². The van der Waals surface area contributed by atoms with Gasteiger partial charge in [0.1, 0.15) is 0 Å². The van der Waals surface area contributed by atoms with E-state index in [4.69, 9.17) is 0 Å². The number of nitrogens with zero attached hydrogens (tertiary/aromatic N) is 2. The standard InChI is InChI=1S/C13H16BrN3/c1-3-17-13(8-10(2)16-17)9-15-12-6-4-11(14)5-7-12/h4-8,15H,3,9H2,1-2H3. The molecule has 1 heterocycles. The van der Waals surface area contributed by atoms with Crippen LogP contribution in [-0.4, -0.2) is 9.78 Å². The van der Waals surface area contributed by atoms with Gasteiger partial charge in [-0.1, -0.05) is 15.9 Å². The lowest BCUT2D eigenvalue weighted by molar-refractivity contribution is 0.623. The molecule has 0 saturated heterocycles. The highest BCUT2D eigenvalue weighted by molar-refractivity contribution is 9.10. The highest BCUT2D eigenvalue weighted by Gasteiger charge is 2.03. The number of benzene rings is 1. The summed E-state index contributed by atoms with van der Waals surface area (Å²) in [7, 11) is 0. The molecule has 4 heteroatoms. The first-order chi connectivity index (χ1) is 8.19. The molecular weight excluding hydrogens is 278 g/mol. The molecule has 0 aliphatic carbocycles. The van der Waals surface area contributed by atoms with Crippen molar-refractivity contribution in [2.24, 2.45) is 0 Å². The van der Waals surface area contributed by atoms with Crippen LogP contribution in [0.15, 0.2) is 34.8 Å². The third-order valence-corrected chi connectivity index (χ3v) is 3.13. The third kappa shape index (κ3) is 3.09. The average Bonchev–Trinajstić information content (AvgIpc) is 2.69. The van der Waals surface area contributed by atoms with Crippen LogP contribution in [0.5, 0.6) is 0 Å². The van der Waals surface area contributed by atoms with E-state index in [2.05, 4.69) is 51.5 Å². The molecule has 17 heavy (non-hydrogen) atoms. The Hall–Kier alpha value is -1.29. The predicted molar refractivity (Wildman–Crippen MR) is 74.1 cm³/mol. The van der Waals surface area contributed by atoms with Gasteiger partial charge >= 0.3 is 0 Å². The van der Waals surface area contributed by atoms with Crippen molar-refractivity contribution in [1.29, 1.82) is 0 Å². The first kappa shape index (κ1) is 12.2. The number of aryl methyl sites for hydroxylation is 2. The van der Waals surface area contributed by atoms with Gasteiger partial charge < -0.3 is 5.32 Å². The summed E-state index contributed by atoms with van der Waals surface area (Å²) in [4.78, 5) is 0. The molecule has 0 aliphatic heterocycles. The highest BCUT2D eigenvalue weighted by atomic mass is 79.9. The van der Waals surface area contributed by atoms with E-state index in [9.17, 15) is 0 Å². The number of hydrogen-bond acceptors (Lipinski definition) is 2. The highest BCUT2D eigenvalue weighted by Crippen LogP contribution is 2.15. The van der Waals surface area contributed by atoms with E-state index in [1.54, 1.807) is 0 Å². The van der Waals surface area contributed by atoms with Crippen molar-refractivity contribution in [1.82, 2.24) is 9.78 Å². The van der Waals surface area contributed by atoms with Gasteiger partial charge in [0.2, 0.25) is 0 Å². The van der Waals surface area contributed by atoms with Crippen LogP contribution in [0, 0.1) is 6.92 Å². The number of hydrogen-bond donors (Lipinski definition) is 1. The molecule has 0 spiro atoms. The molecule has 90 valence electrons. The van der Waals surface area contributed by atoms with E-state index >= 15 is 0 Å². The minimum Gasteiger partial charge on any atom is -0.379 e. The average molecular weight is 294 g/mol. The van der Waals surface area contributed by atoms with Gasteiger partial charge in [-0.25, -0.2) is 0 Å². The minimum atomic E-state index is 0.802. The summed E-state index contributed by atoms with van der Waals surface area (Å²) in [5.41, 5.74) is 3.40. The summed E-state index contributed by atoms with van der Waals surface area (Å²) in [5, 5.41) is 7.82. The Balaban J connectivity index is 2.04. The zero-order chi connectivity index (χ0) is 12.3. The largest absolute Gasteiger partial charge is 0.379 e. The van der Waals surface area contributed by atoms with Crippen LogP contribution in [0.4, 0.5) is 5.69 Å². The van der Waals surface area contributed by atoms with Crippen molar-refractivity contribution in [3.63, 3.8) is 0 Å². The molecule has 0 saturated carbocycles. The predicted octanol–water partition coefficient (Wildman–Crippen LogP) is 3.59. The van der Waals surface area contributed by atoms with E-state index in [-0.39, 0.29) is 0 Å². The molecule has 0 bridgehead atoms. The Morgan fingerprint density at radius 3 is 2.65 bits per heavy atom. The lowest BCUT2D eigenvalue weighted by Gasteiger charge is -2.07. The van der Waals surface area contributed by atoms with Gasteiger partial charge in [-0.2, -0.15) is 5.10 Å². The summed E-state index contributed by atoms with van der Waals surface area (Å²) < 4.78 is 3.12. The molecule has 2 rings (SSSR count). The summed E-state index contributed by atoms with van der Waals surface area (Å²) in [6.07, 6.45) is 0. The molecule has 1 aromatic heterocycles. The van der Waals surface area contributed by atoms with Crippen LogP contribution >= 0.6 is 15.9 Å². The SMILES string of the molecule is CCn1nc(C)cc1CNc1ccc(Br)cc1. The fourth-order valence-electron chi connectivity index (χ4n) is 1.78. The van der Waals surface area contributed by atoms with Crippen molar-refractivity contribution in [3.8, 4) is 0 Å². The maximum absolute atomic E-state index is 4.42. The Morgan fingerprint density at radius 2 is 2.00 bits per heavy atom. The van der Waals surface area contributed by atoms with E-state index in [1.807, 2.05) is 23.7 Å². The minimum absolute atomic E-state index is 0.802. The van der Waals surface area contributed by atoms with Gasteiger partial charge in [-0.05, 0) is 44.2 Å². The zero-order valence-corrected chi connectivity index (χ0v) is 11.7. The van der Waals surface area contributed by atoms with Gasteiger partial charge in [-0.15, -0.1) is 0 Å². The summed E-state index contributed by atoms with van der Waals surface area (Å²) in [6.45, 7) is 5.84.